The zero-order chi connectivity index (χ0) is 17.7. The highest BCUT2D eigenvalue weighted by molar-refractivity contribution is 6.42. The maximum atomic E-state index is 12.3. The van der Waals surface area contributed by atoms with E-state index in [1.165, 1.54) is 36.4 Å². The van der Waals surface area contributed by atoms with Crippen LogP contribution in [0, 0.1) is 0 Å². The van der Waals surface area contributed by atoms with Gasteiger partial charge in [0.1, 0.15) is 5.75 Å². The number of para-hydroxylation sites is 2. The Labute approximate surface area is 145 Å². The first-order chi connectivity index (χ1) is 11.2. The van der Waals surface area contributed by atoms with Crippen molar-refractivity contribution >= 4 is 34.8 Å². The van der Waals surface area contributed by atoms with Crippen molar-refractivity contribution in [1.82, 2.24) is 0 Å². The second kappa shape index (κ2) is 7.63. The molecule has 24 heavy (non-hydrogen) atoms. The topological polar surface area (TPSA) is 47.6 Å². The average molecular weight is 380 g/mol. The molecule has 0 aliphatic heterocycles. The summed E-state index contributed by atoms with van der Waals surface area (Å²) in [7, 11) is 0. The molecule has 2 rings (SSSR count). The molecule has 0 bridgehead atoms. The van der Waals surface area contributed by atoms with Gasteiger partial charge in [-0.3, -0.25) is 4.79 Å². The highest BCUT2D eigenvalue weighted by Gasteiger charge is 2.32. The summed E-state index contributed by atoms with van der Waals surface area (Å²) in [5, 5.41) is 2.86. The van der Waals surface area contributed by atoms with E-state index in [0.717, 1.165) is 6.07 Å². The normalized spacial score (nSPS) is 11.0. The van der Waals surface area contributed by atoms with Gasteiger partial charge in [0, 0.05) is 6.07 Å². The molecular weight excluding hydrogens is 370 g/mol. The molecule has 0 fully saturated rings. The number of halogens is 5. The average Bonchev–Trinajstić information content (AvgIpc) is 2.49. The molecule has 0 saturated carbocycles. The SMILES string of the molecule is O=C(COc1ccc(Cl)c(Cl)c1)Nc1ccccc1OC(F)(F)F. The van der Waals surface area contributed by atoms with E-state index in [1.54, 1.807) is 0 Å². The zero-order valence-electron chi connectivity index (χ0n) is 11.9. The van der Waals surface area contributed by atoms with Crippen molar-refractivity contribution in [1.29, 1.82) is 0 Å². The van der Waals surface area contributed by atoms with Crippen LogP contribution in [0.15, 0.2) is 42.5 Å². The number of anilines is 1. The second-order valence-corrected chi connectivity index (χ2v) is 5.27. The van der Waals surface area contributed by atoms with Gasteiger partial charge in [0.05, 0.1) is 15.7 Å². The van der Waals surface area contributed by atoms with Crippen molar-refractivity contribution in [3.05, 3.63) is 52.5 Å². The van der Waals surface area contributed by atoms with Crippen molar-refractivity contribution in [3.63, 3.8) is 0 Å². The Hall–Kier alpha value is -2.12. The highest BCUT2D eigenvalue weighted by Crippen LogP contribution is 2.30. The Kier molecular flexibility index (Phi) is 5.80. The third kappa shape index (κ3) is 5.50. The van der Waals surface area contributed by atoms with Crippen LogP contribution in [0.25, 0.3) is 0 Å². The molecule has 128 valence electrons. The van der Waals surface area contributed by atoms with Crippen LogP contribution in [0.5, 0.6) is 11.5 Å². The Balaban J connectivity index is 1.98. The summed E-state index contributed by atoms with van der Waals surface area (Å²) in [6.45, 7) is -0.432. The molecule has 0 heterocycles. The maximum absolute atomic E-state index is 12.3. The van der Waals surface area contributed by atoms with Crippen LogP contribution in [0.4, 0.5) is 18.9 Å². The monoisotopic (exact) mass is 379 g/mol. The minimum atomic E-state index is -4.86. The number of carbonyl (C=O) groups is 1. The van der Waals surface area contributed by atoms with Crippen LogP contribution in [0.3, 0.4) is 0 Å². The molecule has 1 amide bonds. The van der Waals surface area contributed by atoms with Crippen molar-refractivity contribution < 1.29 is 27.4 Å². The molecule has 0 radical (unpaired) electrons. The first-order valence-corrected chi connectivity index (χ1v) is 7.22. The highest BCUT2D eigenvalue weighted by atomic mass is 35.5. The molecule has 0 unspecified atom stereocenters. The van der Waals surface area contributed by atoms with E-state index in [9.17, 15) is 18.0 Å². The molecule has 0 aromatic heterocycles. The smallest absolute Gasteiger partial charge is 0.484 e. The fourth-order valence-corrected chi connectivity index (χ4v) is 1.97. The summed E-state index contributed by atoms with van der Waals surface area (Å²) in [6, 6.07) is 9.58. The standard InChI is InChI=1S/C15H10Cl2F3NO3/c16-10-6-5-9(7-11(10)17)23-8-14(22)21-12-3-1-2-4-13(12)24-15(18,19)20/h1-7H,8H2,(H,21,22). The molecule has 0 spiro atoms. The first kappa shape index (κ1) is 18.2. The van der Waals surface area contributed by atoms with Gasteiger partial charge in [-0.25, -0.2) is 0 Å². The third-order valence-corrected chi connectivity index (χ3v) is 3.39. The van der Waals surface area contributed by atoms with Crippen molar-refractivity contribution in [3.8, 4) is 11.5 Å². The van der Waals surface area contributed by atoms with Gasteiger partial charge in [-0.15, -0.1) is 13.2 Å². The van der Waals surface area contributed by atoms with Gasteiger partial charge >= 0.3 is 6.36 Å². The van der Waals surface area contributed by atoms with Crippen LogP contribution in [0.2, 0.25) is 10.0 Å². The first-order valence-electron chi connectivity index (χ1n) is 6.47. The Morgan fingerprint density at radius 3 is 2.46 bits per heavy atom. The lowest BCUT2D eigenvalue weighted by atomic mass is 10.3. The lowest BCUT2D eigenvalue weighted by Crippen LogP contribution is -2.22. The van der Waals surface area contributed by atoms with Crippen LogP contribution in [-0.4, -0.2) is 18.9 Å². The Morgan fingerprint density at radius 1 is 1.08 bits per heavy atom. The molecule has 2 aromatic rings. The van der Waals surface area contributed by atoms with E-state index < -0.39 is 24.6 Å². The quantitative estimate of drug-likeness (QED) is 0.802. The molecule has 0 atom stereocenters. The summed E-state index contributed by atoms with van der Waals surface area (Å²) in [4.78, 5) is 11.8. The van der Waals surface area contributed by atoms with Gasteiger partial charge in [0.15, 0.2) is 12.4 Å². The van der Waals surface area contributed by atoms with Gasteiger partial charge in [0.2, 0.25) is 0 Å². The minimum absolute atomic E-state index is 0.127. The number of rotatable bonds is 5. The molecule has 0 saturated heterocycles. The Morgan fingerprint density at radius 2 is 1.79 bits per heavy atom. The fraction of sp³-hybridized carbons (Fsp3) is 0.133. The molecular formula is C15H10Cl2F3NO3. The molecule has 0 aliphatic carbocycles. The van der Waals surface area contributed by atoms with Gasteiger partial charge in [-0.1, -0.05) is 35.3 Å². The van der Waals surface area contributed by atoms with Gasteiger partial charge in [-0.2, -0.15) is 0 Å². The molecule has 9 heteroatoms. The number of hydrogen-bond acceptors (Lipinski definition) is 3. The van der Waals surface area contributed by atoms with E-state index in [1.807, 2.05) is 0 Å². The minimum Gasteiger partial charge on any atom is -0.484 e. The number of carbonyl (C=O) groups excluding carboxylic acids is 1. The second-order valence-electron chi connectivity index (χ2n) is 4.46. The number of hydrogen-bond donors (Lipinski definition) is 1. The van der Waals surface area contributed by atoms with Crippen LogP contribution in [-0.2, 0) is 4.79 Å². The van der Waals surface area contributed by atoms with Crippen LogP contribution < -0.4 is 14.8 Å². The lowest BCUT2D eigenvalue weighted by molar-refractivity contribution is -0.274. The summed E-state index contributed by atoms with van der Waals surface area (Å²) in [5.41, 5.74) is -0.127. The van der Waals surface area contributed by atoms with Crippen molar-refractivity contribution in [2.75, 3.05) is 11.9 Å². The molecule has 0 aliphatic rings. The third-order valence-electron chi connectivity index (χ3n) is 2.65. The predicted molar refractivity (Wildman–Crippen MR) is 83.7 cm³/mol. The summed E-state index contributed by atoms with van der Waals surface area (Å²) < 4.78 is 46.0. The lowest BCUT2D eigenvalue weighted by Gasteiger charge is -2.14. The number of ether oxygens (including phenoxy) is 2. The molecule has 1 N–H and O–H groups in total. The number of alkyl halides is 3. The summed E-state index contributed by atoms with van der Waals surface area (Å²) in [6.07, 6.45) is -4.86. The van der Waals surface area contributed by atoms with E-state index in [0.29, 0.717) is 10.8 Å². The van der Waals surface area contributed by atoms with Gasteiger partial charge < -0.3 is 14.8 Å². The van der Waals surface area contributed by atoms with Crippen LogP contribution in [0.1, 0.15) is 0 Å². The summed E-state index contributed by atoms with van der Waals surface area (Å²) >= 11 is 11.6. The van der Waals surface area contributed by atoms with E-state index in [2.05, 4.69) is 10.1 Å². The predicted octanol–water partition coefficient (Wildman–Crippen LogP) is 4.91. The fourth-order valence-electron chi connectivity index (χ4n) is 1.69. The van der Waals surface area contributed by atoms with Crippen molar-refractivity contribution in [2.45, 2.75) is 6.36 Å². The van der Waals surface area contributed by atoms with Gasteiger partial charge in [0.25, 0.3) is 5.91 Å². The van der Waals surface area contributed by atoms with E-state index >= 15 is 0 Å². The zero-order valence-corrected chi connectivity index (χ0v) is 13.4. The number of amides is 1. The van der Waals surface area contributed by atoms with E-state index in [4.69, 9.17) is 27.9 Å². The molecule has 2 aromatic carbocycles. The Bertz CT molecular complexity index is 738. The van der Waals surface area contributed by atoms with Gasteiger partial charge in [-0.05, 0) is 24.3 Å². The number of nitrogens with one attached hydrogen (secondary N) is 1. The molecule has 4 nitrogen and oxygen atoms in total. The van der Waals surface area contributed by atoms with E-state index in [-0.39, 0.29) is 10.7 Å². The van der Waals surface area contributed by atoms with Crippen molar-refractivity contribution in [2.24, 2.45) is 0 Å². The maximum Gasteiger partial charge on any atom is 0.573 e. The number of benzene rings is 2. The van der Waals surface area contributed by atoms with Crippen LogP contribution >= 0.6 is 23.2 Å². The summed E-state index contributed by atoms with van der Waals surface area (Å²) in [5.74, 6) is -0.897. The largest absolute Gasteiger partial charge is 0.573 e.